The van der Waals surface area contributed by atoms with E-state index >= 15 is 0 Å². The second-order valence-corrected chi connectivity index (χ2v) is 4.29. The van der Waals surface area contributed by atoms with Crippen LogP contribution >= 0.6 is 11.8 Å². The van der Waals surface area contributed by atoms with Crippen LogP contribution in [0.3, 0.4) is 0 Å². The van der Waals surface area contributed by atoms with Crippen molar-refractivity contribution in [3.05, 3.63) is 29.7 Å². The predicted octanol–water partition coefficient (Wildman–Crippen LogP) is 1.48. The van der Waals surface area contributed by atoms with Gasteiger partial charge in [0.05, 0.1) is 0 Å². The van der Waals surface area contributed by atoms with Gasteiger partial charge in [-0.2, -0.15) is 0 Å². The lowest BCUT2D eigenvalue weighted by Crippen LogP contribution is -1.93. The SMILES string of the molecule is Cc1cc(C=O)cnc1Sc1nncn1C. The van der Waals surface area contributed by atoms with Gasteiger partial charge < -0.3 is 4.57 Å². The zero-order valence-electron chi connectivity index (χ0n) is 8.91. The molecule has 0 atom stereocenters. The fraction of sp³-hybridized carbons (Fsp3) is 0.200. The van der Waals surface area contributed by atoms with E-state index in [0.29, 0.717) is 5.56 Å². The van der Waals surface area contributed by atoms with Gasteiger partial charge in [-0.25, -0.2) is 4.98 Å². The first-order valence-electron chi connectivity index (χ1n) is 4.64. The van der Waals surface area contributed by atoms with Gasteiger partial charge in [-0.3, -0.25) is 4.79 Å². The average Bonchev–Trinajstić information content (AvgIpc) is 2.67. The molecule has 0 saturated carbocycles. The third-order valence-electron chi connectivity index (χ3n) is 2.05. The summed E-state index contributed by atoms with van der Waals surface area (Å²) in [5, 5.41) is 9.36. The van der Waals surface area contributed by atoms with Crippen molar-refractivity contribution in [3.63, 3.8) is 0 Å². The Morgan fingerprint density at radius 3 is 2.88 bits per heavy atom. The van der Waals surface area contributed by atoms with Gasteiger partial charge >= 0.3 is 0 Å². The Balaban J connectivity index is 2.29. The van der Waals surface area contributed by atoms with E-state index in [4.69, 9.17) is 0 Å². The van der Waals surface area contributed by atoms with Gasteiger partial charge in [0.15, 0.2) is 11.4 Å². The summed E-state index contributed by atoms with van der Waals surface area (Å²) in [7, 11) is 1.87. The molecular formula is C10H10N4OS. The van der Waals surface area contributed by atoms with Crippen molar-refractivity contribution in [1.82, 2.24) is 19.7 Å². The highest BCUT2D eigenvalue weighted by Crippen LogP contribution is 2.26. The highest BCUT2D eigenvalue weighted by atomic mass is 32.2. The maximum atomic E-state index is 10.6. The molecule has 2 rings (SSSR count). The van der Waals surface area contributed by atoms with Crippen molar-refractivity contribution in [3.8, 4) is 0 Å². The molecular weight excluding hydrogens is 224 g/mol. The van der Waals surface area contributed by atoms with Crippen molar-refractivity contribution in [2.45, 2.75) is 17.1 Å². The summed E-state index contributed by atoms with van der Waals surface area (Å²) in [5.41, 5.74) is 1.54. The fourth-order valence-electron chi connectivity index (χ4n) is 1.21. The Kier molecular flexibility index (Phi) is 3.00. The molecule has 2 aromatic rings. The summed E-state index contributed by atoms with van der Waals surface area (Å²) in [6, 6.07) is 1.80. The molecule has 0 aromatic carbocycles. The summed E-state index contributed by atoms with van der Waals surface area (Å²) in [6.45, 7) is 1.92. The minimum Gasteiger partial charge on any atom is -0.311 e. The summed E-state index contributed by atoms with van der Waals surface area (Å²) in [5.74, 6) is 0. The topological polar surface area (TPSA) is 60.7 Å². The molecule has 5 nitrogen and oxygen atoms in total. The van der Waals surface area contributed by atoms with Crippen molar-refractivity contribution < 1.29 is 4.79 Å². The van der Waals surface area contributed by atoms with Crippen LogP contribution in [0, 0.1) is 6.92 Å². The van der Waals surface area contributed by atoms with E-state index in [-0.39, 0.29) is 0 Å². The lowest BCUT2D eigenvalue weighted by Gasteiger charge is -2.03. The Hall–Kier alpha value is -1.69. The van der Waals surface area contributed by atoms with E-state index in [1.807, 2.05) is 18.5 Å². The summed E-state index contributed by atoms with van der Waals surface area (Å²) in [6.07, 6.45) is 3.98. The number of pyridine rings is 1. The molecule has 0 saturated heterocycles. The number of nitrogens with zero attached hydrogens (tertiary/aromatic N) is 4. The van der Waals surface area contributed by atoms with E-state index in [1.165, 1.54) is 11.8 Å². The van der Waals surface area contributed by atoms with Crippen molar-refractivity contribution in [1.29, 1.82) is 0 Å². The zero-order chi connectivity index (χ0) is 11.5. The molecule has 0 spiro atoms. The average molecular weight is 234 g/mol. The minimum absolute atomic E-state index is 0.583. The van der Waals surface area contributed by atoms with Crippen LogP contribution in [-0.2, 0) is 7.05 Å². The molecule has 2 heterocycles. The van der Waals surface area contributed by atoms with Crippen molar-refractivity contribution >= 4 is 18.0 Å². The van der Waals surface area contributed by atoms with E-state index < -0.39 is 0 Å². The zero-order valence-corrected chi connectivity index (χ0v) is 9.73. The molecule has 0 aliphatic rings. The maximum Gasteiger partial charge on any atom is 0.197 e. The van der Waals surface area contributed by atoms with Crippen LogP contribution in [0.25, 0.3) is 0 Å². The number of carbonyl (C=O) groups is 1. The van der Waals surface area contributed by atoms with Crippen LogP contribution in [0.2, 0.25) is 0 Å². The molecule has 0 aliphatic carbocycles. The quantitative estimate of drug-likeness (QED) is 0.753. The van der Waals surface area contributed by atoms with E-state index in [1.54, 1.807) is 18.6 Å². The van der Waals surface area contributed by atoms with Gasteiger partial charge in [0, 0.05) is 18.8 Å². The monoisotopic (exact) mass is 234 g/mol. The van der Waals surface area contributed by atoms with E-state index in [9.17, 15) is 4.79 Å². The van der Waals surface area contributed by atoms with Gasteiger partial charge in [0.25, 0.3) is 0 Å². The number of hydrogen-bond acceptors (Lipinski definition) is 5. The first kappa shape index (κ1) is 10.8. The number of aldehydes is 1. The maximum absolute atomic E-state index is 10.6. The summed E-state index contributed by atoms with van der Waals surface area (Å²) < 4.78 is 1.82. The standard InChI is InChI=1S/C10H10N4OS/c1-7-3-8(5-15)4-11-9(7)16-10-13-12-6-14(10)2/h3-6H,1-2H3. The summed E-state index contributed by atoms with van der Waals surface area (Å²) in [4.78, 5) is 14.8. The number of rotatable bonds is 3. The highest BCUT2D eigenvalue weighted by molar-refractivity contribution is 7.99. The molecule has 0 bridgehead atoms. The Morgan fingerprint density at radius 1 is 1.50 bits per heavy atom. The minimum atomic E-state index is 0.583. The molecule has 0 radical (unpaired) electrons. The number of aryl methyl sites for hydroxylation is 2. The number of aromatic nitrogens is 4. The summed E-state index contributed by atoms with van der Waals surface area (Å²) >= 11 is 1.43. The van der Waals surface area contributed by atoms with Gasteiger partial charge in [-0.15, -0.1) is 10.2 Å². The van der Waals surface area contributed by atoms with Crippen LogP contribution in [0.5, 0.6) is 0 Å². The molecule has 0 fully saturated rings. The number of hydrogen-bond donors (Lipinski definition) is 0. The molecule has 0 unspecified atom stereocenters. The van der Waals surface area contributed by atoms with Crippen molar-refractivity contribution in [2.24, 2.45) is 7.05 Å². The second kappa shape index (κ2) is 4.44. The first-order valence-corrected chi connectivity index (χ1v) is 5.46. The van der Waals surface area contributed by atoms with E-state index in [2.05, 4.69) is 15.2 Å². The number of carbonyl (C=O) groups excluding carboxylic acids is 1. The largest absolute Gasteiger partial charge is 0.311 e. The van der Waals surface area contributed by atoms with Gasteiger partial charge in [-0.1, -0.05) is 0 Å². The molecule has 16 heavy (non-hydrogen) atoms. The van der Waals surface area contributed by atoms with E-state index in [0.717, 1.165) is 22.0 Å². The van der Waals surface area contributed by atoms with Gasteiger partial charge in [0.1, 0.15) is 11.4 Å². The third-order valence-corrected chi connectivity index (χ3v) is 3.22. The molecule has 0 aliphatic heterocycles. The smallest absolute Gasteiger partial charge is 0.197 e. The Bertz CT molecular complexity index is 523. The van der Waals surface area contributed by atoms with Crippen LogP contribution < -0.4 is 0 Å². The second-order valence-electron chi connectivity index (χ2n) is 3.34. The normalized spacial score (nSPS) is 10.4. The highest BCUT2D eigenvalue weighted by Gasteiger charge is 2.07. The van der Waals surface area contributed by atoms with Gasteiger partial charge in [-0.05, 0) is 30.3 Å². The molecule has 0 amide bonds. The Labute approximate surface area is 96.9 Å². The molecule has 2 aromatic heterocycles. The first-order chi connectivity index (χ1) is 7.70. The lowest BCUT2D eigenvalue weighted by atomic mass is 10.2. The third kappa shape index (κ3) is 2.11. The van der Waals surface area contributed by atoms with Crippen LogP contribution in [0.15, 0.2) is 28.8 Å². The molecule has 82 valence electrons. The fourth-order valence-corrected chi connectivity index (χ4v) is 1.98. The van der Waals surface area contributed by atoms with Gasteiger partial charge in [0.2, 0.25) is 0 Å². The Morgan fingerprint density at radius 2 is 2.31 bits per heavy atom. The van der Waals surface area contributed by atoms with Crippen LogP contribution in [0.4, 0.5) is 0 Å². The molecule has 0 N–H and O–H groups in total. The predicted molar refractivity (Wildman–Crippen MR) is 59.5 cm³/mol. The van der Waals surface area contributed by atoms with Crippen LogP contribution in [0.1, 0.15) is 15.9 Å². The lowest BCUT2D eigenvalue weighted by molar-refractivity contribution is 0.112. The van der Waals surface area contributed by atoms with Crippen molar-refractivity contribution in [2.75, 3.05) is 0 Å². The molecule has 6 heteroatoms. The van der Waals surface area contributed by atoms with Crippen LogP contribution in [-0.4, -0.2) is 26.0 Å².